The fourth-order valence-electron chi connectivity index (χ4n) is 1.59. The number of sulfone groups is 1. The van der Waals surface area contributed by atoms with Gasteiger partial charge in [0.2, 0.25) is 0 Å². The van der Waals surface area contributed by atoms with Gasteiger partial charge in [0.05, 0.1) is 5.75 Å². The summed E-state index contributed by atoms with van der Waals surface area (Å²) in [4.78, 5) is 4.43. The normalized spacial score (nSPS) is 28.1. The number of thioether (sulfide) groups is 1. The minimum atomic E-state index is -2.85. The fourth-order valence-corrected chi connectivity index (χ4v) is 3.49. The first-order valence-corrected chi connectivity index (χ1v) is 9.02. The smallest absolute Gasteiger partial charge is 0.156 e. The Kier molecular flexibility index (Phi) is 5.31. The van der Waals surface area contributed by atoms with Crippen LogP contribution in [0, 0.1) is 0 Å². The molecular formula is C11H22N2O2S2. The lowest BCUT2D eigenvalue weighted by molar-refractivity contribution is 0.390. The van der Waals surface area contributed by atoms with Gasteiger partial charge in [0.25, 0.3) is 0 Å². The Labute approximate surface area is 109 Å². The van der Waals surface area contributed by atoms with E-state index in [1.165, 1.54) is 6.26 Å². The average Bonchev–Trinajstić information content (AvgIpc) is 2.24. The van der Waals surface area contributed by atoms with Gasteiger partial charge in [0, 0.05) is 24.1 Å². The second-order valence-electron chi connectivity index (χ2n) is 4.81. The summed E-state index contributed by atoms with van der Waals surface area (Å²) in [5.41, 5.74) is 0.154. The molecule has 0 aromatic rings. The van der Waals surface area contributed by atoms with Crippen LogP contribution in [-0.2, 0) is 9.84 Å². The third-order valence-corrected chi connectivity index (χ3v) is 4.95. The zero-order chi connectivity index (χ0) is 12.9. The van der Waals surface area contributed by atoms with Crippen molar-refractivity contribution in [2.24, 2.45) is 4.99 Å². The second-order valence-corrected chi connectivity index (χ2v) is 8.15. The van der Waals surface area contributed by atoms with Gasteiger partial charge in [-0.15, -0.1) is 0 Å². The number of aliphatic imine (C=N–C) groups is 1. The zero-order valence-electron chi connectivity index (χ0n) is 10.8. The van der Waals surface area contributed by atoms with Gasteiger partial charge in [-0.05, 0) is 26.2 Å². The molecule has 1 rings (SSSR count). The van der Waals surface area contributed by atoms with E-state index in [-0.39, 0.29) is 11.3 Å². The van der Waals surface area contributed by atoms with Crippen LogP contribution < -0.4 is 5.32 Å². The van der Waals surface area contributed by atoms with Crippen molar-refractivity contribution in [2.45, 2.75) is 38.6 Å². The maximum Gasteiger partial charge on any atom is 0.156 e. The zero-order valence-corrected chi connectivity index (χ0v) is 12.5. The SMILES string of the molecule is CCC1(C)CCSC(=NCCCS(C)(=O)=O)N1. The highest BCUT2D eigenvalue weighted by molar-refractivity contribution is 8.13. The van der Waals surface area contributed by atoms with Gasteiger partial charge in [-0.2, -0.15) is 0 Å². The standard InChI is InChI=1S/C11H22N2O2S2/c1-4-11(2)6-8-16-10(13-11)12-7-5-9-17(3,14)15/h4-9H2,1-3H3,(H,12,13). The van der Waals surface area contributed by atoms with Gasteiger partial charge in [0.15, 0.2) is 5.17 Å². The molecule has 4 nitrogen and oxygen atoms in total. The van der Waals surface area contributed by atoms with Crippen molar-refractivity contribution < 1.29 is 8.42 Å². The first-order chi connectivity index (χ1) is 7.85. The molecule has 6 heteroatoms. The molecule has 0 amide bonds. The number of amidine groups is 1. The molecule has 0 aromatic carbocycles. The lowest BCUT2D eigenvalue weighted by Gasteiger charge is -2.35. The lowest BCUT2D eigenvalue weighted by Crippen LogP contribution is -2.48. The van der Waals surface area contributed by atoms with Crippen molar-refractivity contribution in [3.05, 3.63) is 0 Å². The Morgan fingerprint density at radius 2 is 2.24 bits per heavy atom. The Morgan fingerprint density at radius 3 is 2.82 bits per heavy atom. The van der Waals surface area contributed by atoms with Crippen molar-refractivity contribution in [3.63, 3.8) is 0 Å². The van der Waals surface area contributed by atoms with Crippen LogP contribution in [-0.4, -0.2) is 43.4 Å². The molecule has 1 N–H and O–H groups in total. The molecule has 0 saturated carbocycles. The first kappa shape index (κ1) is 14.8. The van der Waals surface area contributed by atoms with Crippen LogP contribution in [0.4, 0.5) is 0 Å². The molecule has 0 aliphatic carbocycles. The third kappa shape index (κ3) is 5.77. The van der Waals surface area contributed by atoms with Crippen LogP contribution in [0.1, 0.15) is 33.1 Å². The molecule has 100 valence electrons. The van der Waals surface area contributed by atoms with E-state index >= 15 is 0 Å². The summed E-state index contributed by atoms with van der Waals surface area (Å²) < 4.78 is 21.9. The first-order valence-electron chi connectivity index (χ1n) is 5.98. The largest absolute Gasteiger partial charge is 0.360 e. The fraction of sp³-hybridized carbons (Fsp3) is 0.909. The summed E-state index contributed by atoms with van der Waals surface area (Å²) in [6, 6.07) is 0. The maximum atomic E-state index is 11.0. The van der Waals surface area contributed by atoms with E-state index < -0.39 is 9.84 Å². The van der Waals surface area contributed by atoms with Crippen molar-refractivity contribution in [1.29, 1.82) is 0 Å². The van der Waals surface area contributed by atoms with Crippen LogP contribution in [0.2, 0.25) is 0 Å². The molecule has 17 heavy (non-hydrogen) atoms. The van der Waals surface area contributed by atoms with E-state index in [1.54, 1.807) is 11.8 Å². The number of hydrogen-bond donors (Lipinski definition) is 1. The summed E-state index contributed by atoms with van der Waals surface area (Å²) >= 11 is 1.73. The quantitative estimate of drug-likeness (QED) is 0.777. The van der Waals surface area contributed by atoms with Gasteiger partial charge in [0.1, 0.15) is 9.84 Å². The number of nitrogens with zero attached hydrogens (tertiary/aromatic N) is 1. The summed E-state index contributed by atoms with van der Waals surface area (Å²) in [6.45, 7) is 4.96. The van der Waals surface area contributed by atoms with Gasteiger partial charge < -0.3 is 5.32 Å². The van der Waals surface area contributed by atoms with E-state index in [4.69, 9.17) is 0 Å². The van der Waals surface area contributed by atoms with Crippen LogP contribution in [0.5, 0.6) is 0 Å². The molecule has 1 atom stereocenters. The van der Waals surface area contributed by atoms with E-state index in [9.17, 15) is 8.42 Å². The Hall–Kier alpha value is -0.230. The highest BCUT2D eigenvalue weighted by Gasteiger charge is 2.27. The number of nitrogens with one attached hydrogen (secondary N) is 1. The van der Waals surface area contributed by atoms with Crippen LogP contribution in [0.15, 0.2) is 4.99 Å². The minimum absolute atomic E-state index is 0.154. The predicted molar refractivity (Wildman–Crippen MR) is 75.5 cm³/mol. The van der Waals surface area contributed by atoms with Crippen LogP contribution in [0.25, 0.3) is 0 Å². The number of hydrogen-bond acceptors (Lipinski definition) is 4. The molecule has 1 aliphatic rings. The maximum absolute atomic E-state index is 11.0. The Balaban J connectivity index is 2.40. The molecule has 0 bridgehead atoms. The van der Waals surface area contributed by atoms with Crippen molar-refractivity contribution >= 4 is 26.8 Å². The number of rotatable bonds is 5. The molecular weight excluding hydrogens is 256 g/mol. The van der Waals surface area contributed by atoms with Gasteiger partial charge in [-0.25, -0.2) is 8.42 Å². The molecule has 0 radical (unpaired) electrons. The molecule has 1 saturated heterocycles. The van der Waals surface area contributed by atoms with E-state index in [2.05, 4.69) is 24.2 Å². The minimum Gasteiger partial charge on any atom is -0.360 e. The summed E-state index contributed by atoms with van der Waals surface area (Å²) in [6.07, 6.45) is 4.10. The second kappa shape index (κ2) is 6.09. The molecule has 0 spiro atoms. The molecule has 1 heterocycles. The highest BCUT2D eigenvalue weighted by atomic mass is 32.2. The lowest BCUT2D eigenvalue weighted by atomic mass is 9.96. The topological polar surface area (TPSA) is 58.5 Å². The van der Waals surface area contributed by atoms with E-state index in [0.29, 0.717) is 13.0 Å². The molecule has 1 fully saturated rings. The Morgan fingerprint density at radius 1 is 1.53 bits per heavy atom. The van der Waals surface area contributed by atoms with Crippen molar-refractivity contribution in [2.75, 3.05) is 24.3 Å². The van der Waals surface area contributed by atoms with E-state index in [1.807, 2.05) is 0 Å². The van der Waals surface area contributed by atoms with Gasteiger partial charge in [-0.1, -0.05) is 18.7 Å². The summed E-state index contributed by atoms with van der Waals surface area (Å²) in [5, 5.41) is 4.41. The molecule has 1 aliphatic heterocycles. The third-order valence-electron chi connectivity index (χ3n) is 3.01. The predicted octanol–water partition coefficient (Wildman–Crippen LogP) is 1.67. The van der Waals surface area contributed by atoms with Crippen molar-refractivity contribution in [1.82, 2.24) is 5.32 Å². The van der Waals surface area contributed by atoms with E-state index in [0.717, 1.165) is 23.8 Å². The molecule has 0 aromatic heterocycles. The van der Waals surface area contributed by atoms with Gasteiger partial charge >= 0.3 is 0 Å². The van der Waals surface area contributed by atoms with Crippen LogP contribution in [0.3, 0.4) is 0 Å². The highest BCUT2D eigenvalue weighted by Crippen LogP contribution is 2.24. The average molecular weight is 278 g/mol. The summed E-state index contributed by atoms with van der Waals surface area (Å²) in [7, 11) is -2.85. The Bertz CT molecular complexity index is 379. The van der Waals surface area contributed by atoms with Crippen LogP contribution >= 0.6 is 11.8 Å². The van der Waals surface area contributed by atoms with Crippen molar-refractivity contribution in [3.8, 4) is 0 Å². The monoisotopic (exact) mass is 278 g/mol. The molecule has 1 unspecified atom stereocenters. The summed E-state index contributed by atoms with van der Waals surface area (Å²) in [5.74, 6) is 1.31. The van der Waals surface area contributed by atoms with Gasteiger partial charge in [-0.3, -0.25) is 4.99 Å².